The molecule has 1 aliphatic heterocycles. The molecular formula is C18H20FN3O3. The Balaban J connectivity index is 1.65. The summed E-state index contributed by atoms with van der Waals surface area (Å²) >= 11 is 0. The Bertz CT molecular complexity index is 777. The quantitative estimate of drug-likeness (QED) is 0.898. The first-order valence-electron chi connectivity index (χ1n) is 8.16. The van der Waals surface area contributed by atoms with Gasteiger partial charge in [0, 0.05) is 24.7 Å². The lowest BCUT2D eigenvalue weighted by atomic mass is 10.1. The van der Waals surface area contributed by atoms with Gasteiger partial charge in [-0.15, -0.1) is 0 Å². The van der Waals surface area contributed by atoms with Crippen LogP contribution in [0.5, 0.6) is 5.75 Å². The van der Waals surface area contributed by atoms with Crippen LogP contribution in [0, 0.1) is 25.6 Å². The molecule has 0 aliphatic carbocycles. The number of ether oxygens (including phenoxy) is 1. The van der Waals surface area contributed by atoms with Gasteiger partial charge in [-0.05, 0) is 38.0 Å². The summed E-state index contributed by atoms with van der Waals surface area (Å²) in [5.41, 5.74) is 1.37. The monoisotopic (exact) mass is 345 g/mol. The third-order valence-corrected chi connectivity index (χ3v) is 4.26. The van der Waals surface area contributed by atoms with Crippen molar-refractivity contribution >= 4 is 11.9 Å². The molecule has 2 heterocycles. The lowest BCUT2D eigenvalue weighted by molar-refractivity contribution is 0.0690. The standard InChI is InChI=1S/C18H20FN3O3/c1-11-4-3-5-14(19)16(11)25-10-13-6-7-22(9-13)18-20-12(2)8-15(21-18)17(23)24/h3-5,8,13H,6-7,9-10H2,1-2H3,(H,23,24). The lowest BCUT2D eigenvalue weighted by Crippen LogP contribution is -2.25. The summed E-state index contributed by atoms with van der Waals surface area (Å²) < 4.78 is 19.5. The highest BCUT2D eigenvalue weighted by atomic mass is 19.1. The molecule has 1 unspecified atom stereocenters. The summed E-state index contributed by atoms with van der Waals surface area (Å²) in [6.07, 6.45) is 0.854. The molecule has 25 heavy (non-hydrogen) atoms. The second-order valence-corrected chi connectivity index (χ2v) is 6.30. The van der Waals surface area contributed by atoms with E-state index in [1.54, 1.807) is 13.0 Å². The number of benzene rings is 1. The Hall–Kier alpha value is -2.70. The van der Waals surface area contributed by atoms with E-state index in [1.807, 2.05) is 17.9 Å². The third-order valence-electron chi connectivity index (χ3n) is 4.26. The van der Waals surface area contributed by atoms with Crippen LogP contribution >= 0.6 is 0 Å². The van der Waals surface area contributed by atoms with Crippen LogP contribution in [-0.4, -0.2) is 40.7 Å². The molecule has 1 aromatic carbocycles. The van der Waals surface area contributed by atoms with Crippen molar-refractivity contribution in [3.05, 3.63) is 47.0 Å². The van der Waals surface area contributed by atoms with Crippen LogP contribution in [0.1, 0.15) is 28.2 Å². The zero-order valence-electron chi connectivity index (χ0n) is 14.2. The molecule has 132 valence electrons. The predicted octanol–water partition coefficient (Wildman–Crippen LogP) is 2.84. The molecule has 3 rings (SSSR count). The number of halogens is 1. The summed E-state index contributed by atoms with van der Waals surface area (Å²) in [6, 6.07) is 6.30. The van der Waals surface area contributed by atoms with Gasteiger partial charge in [-0.2, -0.15) is 0 Å². The molecule has 1 atom stereocenters. The molecule has 0 amide bonds. The number of carbonyl (C=O) groups is 1. The minimum Gasteiger partial charge on any atom is -0.490 e. The first-order valence-corrected chi connectivity index (χ1v) is 8.16. The number of aryl methyl sites for hydroxylation is 2. The summed E-state index contributed by atoms with van der Waals surface area (Å²) in [5, 5.41) is 9.13. The fraction of sp³-hybridized carbons (Fsp3) is 0.389. The van der Waals surface area contributed by atoms with E-state index in [0.717, 1.165) is 12.0 Å². The van der Waals surface area contributed by atoms with E-state index in [0.29, 0.717) is 37.1 Å². The number of aromatic nitrogens is 2. The van der Waals surface area contributed by atoms with Crippen LogP contribution in [-0.2, 0) is 0 Å². The number of carboxylic acids is 1. The fourth-order valence-electron chi connectivity index (χ4n) is 2.95. The van der Waals surface area contributed by atoms with Gasteiger partial charge in [0.25, 0.3) is 0 Å². The number of rotatable bonds is 5. The first-order chi connectivity index (χ1) is 11.9. The highest BCUT2D eigenvalue weighted by Crippen LogP contribution is 2.25. The van der Waals surface area contributed by atoms with Gasteiger partial charge in [-0.3, -0.25) is 0 Å². The van der Waals surface area contributed by atoms with Gasteiger partial charge in [-0.25, -0.2) is 19.2 Å². The zero-order chi connectivity index (χ0) is 18.0. The number of hydrogen-bond acceptors (Lipinski definition) is 5. The van der Waals surface area contributed by atoms with Crippen molar-refractivity contribution in [1.29, 1.82) is 0 Å². The van der Waals surface area contributed by atoms with Gasteiger partial charge in [0.2, 0.25) is 5.95 Å². The summed E-state index contributed by atoms with van der Waals surface area (Å²) in [5.74, 6) is -0.511. The van der Waals surface area contributed by atoms with E-state index in [2.05, 4.69) is 9.97 Å². The molecular weight excluding hydrogens is 325 g/mol. The highest BCUT2D eigenvalue weighted by molar-refractivity contribution is 5.85. The Labute approximate surface area is 145 Å². The number of hydrogen-bond donors (Lipinski definition) is 1. The Kier molecular flexibility index (Phi) is 4.83. The predicted molar refractivity (Wildman–Crippen MR) is 90.7 cm³/mol. The Morgan fingerprint density at radius 1 is 1.40 bits per heavy atom. The molecule has 0 saturated carbocycles. The van der Waals surface area contributed by atoms with E-state index in [9.17, 15) is 9.18 Å². The summed E-state index contributed by atoms with van der Waals surface area (Å²) in [4.78, 5) is 21.5. The maximum Gasteiger partial charge on any atom is 0.354 e. The molecule has 1 saturated heterocycles. The normalized spacial score (nSPS) is 16.9. The molecule has 0 spiro atoms. The molecule has 0 radical (unpaired) electrons. The SMILES string of the molecule is Cc1cc(C(=O)O)nc(N2CCC(COc3c(C)cccc3F)C2)n1. The van der Waals surface area contributed by atoms with Crippen molar-refractivity contribution in [2.45, 2.75) is 20.3 Å². The van der Waals surface area contributed by atoms with Gasteiger partial charge >= 0.3 is 5.97 Å². The number of para-hydroxylation sites is 1. The van der Waals surface area contributed by atoms with Crippen molar-refractivity contribution in [3.63, 3.8) is 0 Å². The van der Waals surface area contributed by atoms with E-state index < -0.39 is 5.97 Å². The molecule has 7 heteroatoms. The Morgan fingerprint density at radius 2 is 2.20 bits per heavy atom. The minimum absolute atomic E-state index is 0.0100. The van der Waals surface area contributed by atoms with E-state index in [-0.39, 0.29) is 17.4 Å². The molecule has 6 nitrogen and oxygen atoms in total. The third kappa shape index (κ3) is 3.87. The van der Waals surface area contributed by atoms with E-state index >= 15 is 0 Å². The van der Waals surface area contributed by atoms with Crippen molar-refractivity contribution in [2.24, 2.45) is 5.92 Å². The molecule has 0 bridgehead atoms. The second-order valence-electron chi connectivity index (χ2n) is 6.30. The smallest absolute Gasteiger partial charge is 0.354 e. The molecule has 1 fully saturated rings. The van der Waals surface area contributed by atoms with Gasteiger partial charge in [-0.1, -0.05) is 12.1 Å². The Morgan fingerprint density at radius 3 is 2.92 bits per heavy atom. The van der Waals surface area contributed by atoms with Crippen molar-refractivity contribution in [2.75, 3.05) is 24.6 Å². The van der Waals surface area contributed by atoms with Gasteiger partial charge in [0.05, 0.1) is 6.61 Å². The van der Waals surface area contributed by atoms with E-state index in [4.69, 9.17) is 9.84 Å². The average molecular weight is 345 g/mol. The van der Waals surface area contributed by atoms with Crippen LogP contribution in [0.3, 0.4) is 0 Å². The first kappa shape index (κ1) is 17.1. The summed E-state index contributed by atoms with van der Waals surface area (Å²) in [7, 11) is 0. The fourth-order valence-corrected chi connectivity index (χ4v) is 2.95. The molecule has 2 aromatic rings. The lowest BCUT2D eigenvalue weighted by Gasteiger charge is -2.18. The number of anilines is 1. The van der Waals surface area contributed by atoms with Crippen LogP contribution in [0.15, 0.2) is 24.3 Å². The maximum absolute atomic E-state index is 13.8. The highest BCUT2D eigenvalue weighted by Gasteiger charge is 2.26. The molecule has 1 N–H and O–H groups in total. The van der Waals surface area contributed by atoms with Crippen molar-refractivity contribution in [1.82, 2.24) is 9.97 Å². The van der Waals surface area contributed by atoms with Gasteiger partial charge in [0.15, 0.2) is 17.3 Å². The average Bonchev–Trinajstić information content (AvgIpc) is 3.03. The van der Waals surface area contributed by atoms with Crippen molar-refractivity contribution in [3.8, 4) is 5.75 Å². The largest absolute Gasteiger partial charge is 0.490 e. The zero-order valence-corrected chi connectivity index (χ0v) is 14.2. The summed E-state index contributed by atoms with van der Waals surface area (Å²) in [6.45, 7) is 5.32. The number of nitrogens with zero attached hydrogens (tertiary/aromatic N) is 3. The number of carboxylic acid groups (broad SMARTS) is 1. The number of aromatic carboxylic acids is 1. The van der Waals surface area contributed by atoms with Crippen LogP contribution < -0.4 is 9.64 Å². The topological polar surface area (TPSA) is 75.5 Å². The second kappa shape index (κ2) is 7.04. The van der Waals surface area contributed by atoms with Crippen molar-refractivity contribution < 1.29 is 19.0 Å². The minimum atomic E-state index is -1.07. The van der Waals surface area contributed by atoms with E-state index in [1.165, 1.54) is 12.1 Å². The van der Waals surface area contributed by atoms with Gasteiger partial charge < -0.3 is 14.7 Å². The van der Waals surface area contributed by atoms with Gasteiger partial charge in [0.1, 0.15) is 0 Å². The van der Waals surface area contributed by atoms with Crippen LogP contribution in [0.25, 0.3) is 0 Å². The molecule has 1 aliphatic rings. The van der Waals surface area contributed by atoms with Crippen LogP contribution in [0.4, 0.5) is 10.3 Å². The maximum atomic E-state index is 13.8. The van der Waals surface area contributed by atoms with Crippen LogP contribution in [0.2, 0.25) is 0 Å². The molecule has 1 aromatic heterocycles.